The predicted octanol–water partition coefficient (Wildman–Crippen LogP) is 4.11. The molecule has 0 N–H and O–H groups in total. The number of amides is 1. The number of sulfonamides is 1. The smallest absolute Gasteiger partial charge is 0.243 e. The van der Waals surface area contributed by atoms with Crippen LogP contribution in [0.25, 0.3) is 11.3 Å². The second-order valence-electron chi connectivity index (χ2n) is 8.08. The maximum atomic E-state index is 13.0. The lowest BCUT2D eigenvalue weighted by Crippen LogP contribution is -2.37. The lowest BCUT2D eigenvalue weighted by molar-refractivity contribution is -0.131. The fraction of sp³-hybridized carbons (Fsp3) is 0.320. The van der Waals surface area contributed by atoms with Gasteiger partial charge in [-0.25, -0.2) is 8.42 Å². The van der Waals surface area contributed by atoms with E-state index in [1.54, 1.807) is 29.2 Å². The van der Waals surface area contributed by atoms with E-state index >= 15 is 0 Å². The molecule has 1 saturated heterocycles. The summed E-state index contributed by atoms with van der Waals surface area (Å²) in [5.74, 6) is 1.59. The molecule has 1 aromatic heterocycles. The summed E-state index contributed by atoms with van der Waals surface area (Å²) in [5.41, 5.74) is 2.02. The summed E-state index contributed by atoms with van der Waals surface area (Å²) in [6, 6.07) is 20.6. The fourth-order valence-electron chi connectivity index (χ4n) is 3.90. The Kier molecular flexibility index (Phi) is 6.77. The maximum absolute atomic E-state index is 13.0. The highest BCUT2D eigenvalue weighted by Crippen LogP contribution is 2.23. The van der Waals surface area contributed by atoms with Gasteiger partial charge in [0.1, 0.15) is 11.5 Å². The number of hydrogen-bond donors (Lipinski definition) is 0. The highest BCUT2D eigenvalue weighted by Gasteiger charge is 2.28. The van der Waals surface area contributed by atoms with E-state index in [4.69, 9.17) is 4.42 Å². The number of furan rings is 1. The first kappa shape index (κ1) is 22.3. The second kappa shape index (κ2) is 9.71. The number of rotatable bonds is 6. The largest absolute Gasteiger partial charge is 0.461 e. The number of aryl methyl sites for hydroxylation is 2. The van der Waals surface area contributed by atoms with Crippen molar-refractivity contribution in [1.82, 2.24) is 9.21 Å². The van der Waals surface area contributed by atoms with Crippen LogP contribution in [-0.4, -0.2) is 49.7 Å². The number of carbonyl (C=O) groups is 1. The SMILES string of the molecule is Cc1ccc(S(=O)(=O)N2CCCN(C(=O)CCc3ccc(-c4ccccc4)o3)CC2)cc1. The van der Waals surface area contributed by atoms with Crippen molar-refractivity contribution in [3.8, 4) is 11.3 Å². The van der Waals surface area contributed by atoms with Gasteiger partial charge in [0.15, 0.2) is 0 Å². The monoisotopic (exact) mass is 452 g/mol. The van der Waals surface area contributed by atoms with Gasteiger partial charge < -0.3 is 9.32 Å². The molecule has 7 heteroatoms. The molecule has 3 aromatic rings. The average molecular weight is 453 g/mol. The van der Waals surface area contributed by atoms with Crippen LogP contribution in [0.4, 0.5) is 0 Å². The Morgan fingerprint density at radius 1 is 0.906 bits per heavy atom. The highest BCUT2D eigenvalue weighted by molar-refractivity contribution is 7.89. The summed E-state index contributed by atoms with van der Waals surface area (Å²) in [5, 5.41) is 0. The summed E-state index contributed by atoms with van der Waals surface area (Å²) in [7, 11) is -3.55. The Balaban J connectivity index is 1.33. The molecular formula is C25H28N2O4S. The van der Waals surface area contributed by atoms with Crippen LogP contribution >= 0.6 is 0 Å². The molecule has 1 fully saturated rings. The van der Waals surface area contributed by atoms with Crippen LogP contribution in [0.3, 0.4) is 0 Å². The van der Waals surface area contributed by atoms with Crippen LogP contribution in [-0.2, 0) is 21.2 Å². The van der Waals surface area contributed by atoms with E-state index in [1.807, 2.05) is 49.4 Å². The number of hydrogen-bond acceptors (Lipinski definition) is 4. The molecule has 0 saturated carbocycles. The van der Waals surface area contributed by atoms with Gasteiger partial charge in [0.25, 0.3) is 0 Å². The van der Waals surface area contributed by atoms with Gasteiger partial charge >= 0.3 is 0 Å². The van der Waals surface area contributed by atoms with Crippen LogP contribution in [0.1, 0.15) is 24.2 Å². The topological polar surface area (TPSA) is 70.8 Å². The lowest BCUT2D eigenvalue weighted by atomic mass is 10.2. The summed E-state index contributed by atoms with van der Waals surface area (Å²) >= 11 is 0. The van der Waals surface area contributed by atoms with Gasteiger partial charge in [-0.2, -0.15) is 4.31 Å². The molecular weight excluding hydrogens is 424 g/mol. The minimum atomic E-state index is -3.55. The predicted molar refractivity (Wildman–Crippen MR) is 124 cm³/mol. The number of nitrogens with zero attached hydrogens (tertiary/aromatic N) is 2. The molecule has 1 aliphatic rings. The van der Waals surface area contributed by atoms with Gasteiger partial charge in [-0.15, -0.1) is 0 Å². The van der Waals surface area contributed by atoms with Crippen molar-refractivity contribution in [2.24, 2.45) is 0 Å². The zero-order valence-electron chi connectivity index (χ0n) is 18.2. The highest BCUT2D eigenvalue weighted by atomic mass is 32.2. The van der Waals surface area contributed by atoms with Crippen molar-refractivity contribution >= 4 is 15.9 Å². The van der Waals surface area contributed by atoms with Crippen molar-refractivity contribution in [3.05, 3.63) is 78.1 Å². The first-order valence-electron chi connectivity index (χ1n) is 10.9. The molecule has 0 bridgehead atoms. The van der Waals surface area contributed by atoms with E-state index in [9.17, 15) is 13.2 Å². The van der Waals surface area contributed by atoms with Gasteiger partial charge in [-0.3, -0.25) is 4.79 Å². The second-order valence-corrected chi connectivity index (χ2v) is 10.0. The first-order chi connectivity index (χ1) is 15.4. The van der Waals surface area contributed by atoms with Crippen molar-refractivity contribution in [3.63, 3.8) is 0 Å². The quantitative estimate of drug-likeness (QED) is 0.564. The van der Waals surface area contributed by atoms with E-state index in [2.05, 4.69) is 0 Å². The zero-order valence-corrected chi connectivity index (χ0v) is 19.1. The van der Waals surface area contributed by atoms with Crippen molar-refractivity contribution in [2.75, 3.05) is 26.2 Å². The molecule has 0 unspecified atom stereocenters. The van der Waals surface area contributed by atoms with Gasteiger partial charge in [-0.1, -0.05) is 48.0 Å². The molecule has 2 aromatic carbocycles. The fourth-order valence-corrected chi connectivity index (χ4v) is 5.37. The van der Waals surface area contributed by atoms with Crippen molar-refractivity contribution < 1.29 is 17.6 Å². The molecule has 32 heavy (non-hydrogen) atoms. The number of carbonyl (C=O) groups excluding carboxylic acids is 1. The summed E-state index contributed by atoms with van der Waals surface area (Å²) in [4.78, 5) is 14.9. The molecule has 1 amide bonds. The molecule has 0 spiro atoms. The third-order valence-corrected chi connectivity index (χ3v) is 7.68. The molecule has 4 rings (SSSR count). The summed E-state index contributed by atoms with van der Waals surface area (Å²) in [6.07, 6.45) is 1.48. The minimum absolute atomic E-state index is 0.0252. The Labute approximate surface area is 189 Å². The van der Waals surface area contributed by atoms with Crippen molar-refractivity contribution in [1.29, 1.82) is 0 Å². The van der Waals surface area contributed by atoms with E-state index < -0.39 is 10.0 Å². The average Bonchev–Trinajstić information content (AvgIpc) is 3.13. The molecule has 168 valence electrons. The van der Waals surface area contributed by atoms with E-state index in [0.717, 1.165) is 22.6 Å². The lowest BCUT2D eigenvalue weighted by Gasteiger charge is -2.22. The van der Waals surface area contributed by atoms with E-state index in [-0.39, 0.29) is 5.91 Å². The molecule has 2 heterocycles. The van der Waals surface area contributed by atoms with Gasteiger partial charge in [-0.05, 0) is 37.6 Å². The Morgan fingerprint density at radius 2 is 1.66 bits per heavy atom. The van der Waals surface area contributed by atoms with Gasteiger partial charge in [0.2, 0.25) is 15.9 Å². The minimum Gasteiger partial charge on any atom is -0.461 e. The van der Waals surface area contributed by atoms with Crippen LogP contribution in [0.2, 0.25) is 0 Å². The Bertz CT molecular complexity index is 1150. The summed E-state index contributed by atoms with van der Waals surface area (Å²) in [6.45, 7) is 3.61. The third-order valence-electron chi connectivity index (χ3n) is 5.77. The standard InChI is InChI=1S/C25H28N2O4S/c1-20-8-12-23(13-9-20)32(29,30)27-17-5-16-26(18-19-27)25(28)15-11-22-10-14-24(31-22)21-6-3-2-4-7-21/h2-4,6-10,12-14H,5,11,15-19H2,1H3. The van der Waals surface area contributed by atoms with E-state index in [0.29, 0.717) is 50.3 Å². The van der Waals surface area contributed by atoms with E-state index in [1.165, 1.54) is 4.31 Å². The molecule has 0 radical (unpaired) electrons. The van der Waals surface area contributed by atoms with Crippen LogP contribution in [0.5, 0.6) is 0 Å². The van der Waals surface area contributed by atoms with Crippen LogP contribution in [0, 0.1) is 6.92 Å². The molecule has 0 aliphatic carbocycles. The maximum Gasteiger partial charge on any atom is 0.243 e. The Hall–Kier alpha value is -2.90. The summed E-state index contributed by atoms with van der Waals surface area (Å²) < 4.78 is 33.3. The molecule has 1 aliphatic heterocycles. The van der Waals surface area contributed by atoms with Crippen LogP contribution < -0.4 is 0 Å². The third kappa shape index (κ3) is 5.11. The molecule has 0 atom stereocenters. The van der Waals surface area contributed by atoms with Crippen molar-refractivity contribution in [2.45, 2.75) is 31.1 Å². The van der Waals surface area contributed by atoms with Gasteiger partial charge in [0.05, 0.1) is 4.90 Å². The normalized spacial score (nSPS) is 15.5. The zero-order chi connectivity index (χ0) is 22.6. The van der Waals surface area contributed by atoms with Crippen LogP contribution in [0.15, 0.2) is 76.0 Å². The van der Waals surface area contributed by atoms with Gasteiger partial charge in [0, 0.05) is 44.6 Å². The Morgan fingerprint density at radius 3 is 2.41 bits per heavy atom. The first-order valence-corrected chi connectivity index (χ1v) is 12.4. The number of benzene rings is 2. The molecule has 6 nitrogen and oxygen atoms in total.